The topological polar surface area (TPSA) is 19.6 Å². The highest BCUT2D eigenvalue weighted by molar-refractivity contribution is 6.94. The summed E-state index contributed by atoms with van der Waals surface area (Å²) in [6.07, 6.45) is 7.19. The van der Waals surface area contributed by atoms with Crippen molar-refractivity contribution in [1.29, 1.82) is 0 Å². The Hall–Kier alpha value is -6.00. The molecule has 2 atom stereocenters. The van der Waals surface area contributed by atoms with E-state index in [0.717, 1.165) is 17.6 Å². The van der Waals surface area contributed by atoms with Crippen LogP contribution in [0.5, 0.6) is 0 Å². The smallest absolute Gasteiger partial charge is 0.333 e. The summed E-state index contributed by atoms with van der Waals surface area (Å²) in [5.41, 5.74) is 27.8. The van der Waals surface area contributed by atoms with E-state index in [0.29, 0.717) is 0 Å². The fourth-order valence-corrected chi connectivity index (χ4v) is 15.7. The van der Waals surface area contributed by atoms with Crippen molar-refractivity contribution in [3.63, 3.8) is 0 Å². The third kappa shape index (κ3) is 5.80. The van der Waals surface area contributed by atoms with Crippen LogP contribution in [0.3, 0.4) is 0 Å². The van der Waals surface area contributed by atoms with Crippen molar-refractivity contribution in [2.24, 2.45) is 0 Å². The van der Waals surface area contributed by atoms with Crippen molar-refractivity contribution in [2.45, 2.75) is 173 Å². The molecule has 0 radical (unpaired) electrons. The lowest BCUT2D eigenvalue weighted by atomic mass is 9.42. The van der Waals surface area contributed by atoms with Gasteiger partial charge in [-0.15, -0.1) is 0 Å². The van der Waals surface area contributed by atoms with E-state index in [1.54, 1.807) is 5.56 Å². The second kappa shape index (κ2) is 14.2. The van der Waals surface area contributed by atoms with Crippen LogP contribution in [0.4, 0.5) is 22.7 Å². The molecule has 4 heterocycles. The third-order valence-electron chi connectivity index (χ3n) is 20.3. The molecule has 7 aromatic carbocycles. The Kier molecular flexibility index (Phi) is 8.89. The summed E-state index contributed by atoms with van der Waals surface area (Å²) in [6, 6.07) is 45.8. The zero-order valence-corrected chi connectivity index (χ0v) is 46.1. The average Bonchev–Trinajstić information content (AvgIpc) is 3.91. The predicted octanol–water partition coefficient (Wildman–Crippen LogP) is 17.5. The van der Waals surface area contributed by atoms with Crippen molar-refractivity contribution < 1.29 is 4.42 Å². The van der Waals surface area contributed by atoms with Crippen molar-refractivity contribution in [3.05, 3.63) is 154 Å². The van der Waals surface area contributed by atoms with Gasteiger partial charge in [0.05, 0.1) is 5.54 Å². The largest absolute Gasteiger partial charge is 0.455 e. The number of anilines is 4. The molecule has 0 N–H and O–H groups in total. The molecular formula is C69H73BN2O. The van der Waals surface area contributed by atoms with Gasteiger partial charge in [0.1, 0.15) is 11.2 Å². The minimum Gasteiger partial charge on any atom is -0.455 e. The summed E-state index contributed by atoms with van der Waals surface area (Å²) in [7, 11) is 0. The molecule has 0 amide bonds. The fourth-order valence-electron chi connectivity index (χ4n) is 15.7. The standard InChI is InChI=1S/C69H73BN2O/c1-63(2,3)41-26-28-53(45(34-41)40-22-16-15-17-23-40)72-54-29-27-44-46-37-49-50(66(9,10)33-32-65(49,7)8)39-48(46)67(11,12)59(44)57(54)58-60-55(38-47-43-24-18-19-25-56(43)73-62(47)58)71-61-51(68(13)30-20-21-31-69(68,71)14)35-42(64(4,5)6)36-52(61)70(60)72/h15-19,22-29,34-39H,20-21,30-33H2,1-14H3. The Bertz CT molecular complexity index is 3740. The van der Waals surface area contributed by atoms with E-state index >= 15 is 0 Å². The van der Waals surface area contributed by atoms with Crippen LogP contribution in [0.2, 0.25) is 0 Å². The number of hydrogen-bond acceptors (Lipinski definition) is 3. The first kappa shape index (κ1) is 45.6. The van der Waals surface area contributed by atoms with Crippen molar-refractivity contribution in [3.8, 4) is 33.4 Å². The molecule has 1 aromatic heterocycles. The van der Waals surface area contributed by atoms with Crippen molar-refractivity contribution >= 4 is 62.5 Å². The van der Waals surface area contributed by atoms with Crippen LogP contribution in [0.1, 0.15) is 174 Å². The lowest BCUT2D eigenvalue weighted by Gasteiger charge is -2.53. The summed E-state index contributed by atoms with van der Waals surface area (Å²) in [4.78, 5) is 5.76. The van der Waals surface area contributed by atoms with E-state index < -0.39 is 0 Å². The monoisotopic (exact) mass is 957 g/mol. The zero-order chi connectivity index (χ0) is 50.9. The van der Waals surface area contributed by atoms with Gasteiger partial charge < -0.3 is 14.1 Å². The first-order valence-corrected chi connectivity index (χ1v) is 27.8. The number of furan rings is 1. The lowest BCUT2D eigenvalue weighted by Crippen LogP contribution is -2.65. The first-order chi connectivity index (χ1) is 34.5. The summed E-state index contributed by atoms with van der Waals surface area (Å²) < 4.78 is 7.47. The number of benzene rings is 7. The van der Waals surface area contributed by atoms with E-state index in [1.165, 1.54) is 143 Å². The van der Waals surface area contributed by atoms with E-state index in [-0.39, 0.29) is 44.9 Å². The molecule has 1 saturated carbocycles. The molecule has 6 aliphatic rings. The summed E-state index contributed by atoms with van der Waals surface area (Å²) >= 11 is 0. The van der Waals surface area contributed by atoms with Gasteiger partial charge in [0, 0.05) is 61.0 Å². The van der Waals surface area contributed by atoms with Crippen LogP contribution in [-0.4, -0.2) is 12.4 Å². The van der Waals surface area contributed by atoms with Crippen LogP contribution in [-0.2, 0) is 32.5 Å². The van der Waals surface area contributed by atoms with Gasteiger partial charge in [-0.05, 0) is 157 Å². The minimum atomic E-state index is -0.318. The van der Waals surface area contributed by atoms with Gasteiger partial charge in [0.25, 0.3) is 0 Å². The molecule has 4 heteroatoms. The predicted molar refractivity (Wildman–Crippen MR) is 311 cm³/mol. The normalized spacial score (nSPS) is 22.4. The Morgan fingerprint density at radius 2 is 1.19 bits per heavy atom. The van der Waals surface area contributed by atoms with Crippen LogP contribution in [0.15, 0.2) is 120 Å². The number of nitrogens with zero attached hydrogens (tertiary/aromatic N) is 2. The lowest BCUT2D eigenvalue weighted by molar-refractivity contribution is 0.195. The minimum absolute atomic E-state index is 0.0398. The third-order valence-corrected chi connectivity index (χ3v) is 20.3. The molecule has 3 nitrogen and oxygen atoms in total. The van der Waals surface area contributed by atoms with Crippen molar-refractivity contribution in [1.82, 2.24) is 0 Å². The molecule has 3 aliphatic carbocycles. The molecule has 1 fully saturated rings. The van der Waals surface area contributed by atoms with E-state index in [1.807, 2.05) is 0 Å². The Labute approximate surface area is 435 Å². The maximum Gasteiger partial charge on any atom is 0.333 e. The van der Waals surface area contributed by atoms with Crippen LogP contribution in [0.25, 0.3) is 55.3 Å². The van der Waals surface area contributed by atoms with Gasteiger partial charge >= 0.3 is 6.85 Å². The van der Waals surface area contributed by atoms with Crippen molar-refractivity contribution in [2.75, 3.05) is 9.71 Å². The van der Waals surface area contributed by atoms with E-state index in [2.05, 4.69) is 222 Å². The molecule has 368 valence electrons. The average molecular weight is 957 g/mol. The van der Waals surface area contributed by atoms with Gasteiger partial charge in [0.2, 0.25) is 0 Å². The van der Waals surface area contributed by atoms with E-state index in [4.69, 9.17) is 4.42 Å². The zero-order valence-electron chi connectivity index (χ0n) is 46.1. The summed E-state index contributed by atoms with van der Waals surface area (Å²) in [5, 5.41) is 2.41. The highest BCUT2D eigenvalue weighted by atomic mass is 16.3. The molecule has 0 bridgehead atoms. The molecule has 8 aromatic rings. The molecule has 3 aliphatic heterocycles. The van der Waals surface area contributed by atoms with Gasteiger partial charge in [-0.2, -0.15) is 0 Å². The van der Waals surface area contributed by atoms with Gasteiger partial charge in [-0.1, -0.05) is 182 Å². The quantitative estimate of drug-likeness (QED) is 0.161. The summed E-state index contributed by atoms with van der Waals surface area (Å²) in [5.74, 6) is 0. The molecular weight excluding hydrogens is 884 g/mol. The maximum atomic E-state index is 7.47. The Morgan fingerprint density at radius 3 is 1.92 bits per heavy atom. The SMILES string of the molecule is CC(C)(C)c1ccc(N2B3c4cc(C(C)(C)C)cc5c4N(c4cc6c(oc7ccccc76)c(c43)-c3c2ccc2c3C(C)(C)c3cc4c(cc3-2)C(C)(C)CCC4(C)C)C2(C)CCCCC52C)c(-c2ccccc2)c1. The Morgan fingerprint density at radius 1 is 0.521 bits per heavy atom. The number of hydrogen-bond donors (Lipinski definition) is 0. The summed E-state index contributed by atoms with van der Waals surface area (Å²) in [6.45, 7) is 34.5. The highest BCUT2D eigenvalue weighted by Gasteiger charge is 2.63. The van der Waals surface area contributed by atoms with Gasteiger partial charge in [-0.25, -0.2) is 0 Å². The highest BCUT2D eigenvalue weighted by Crippen LogP contribution is 2.65. The molecule has 2 unspecified atom stereocenters. The first-order valence-electron chi connectivity index (χ1n) is 27.8. The van der Waals surface area contributed by atoms with Gasteiger partial charge in [-0.3, -0.25) is 0 Å². The van der Waals surface area contributed by atoms with Crippen LogP contribution < -0.4 is 20.6 Å². The van der Waals surface area contributed by atoms with Crippen LogP contribution >= 0.6 is 0 Å². The number of rotatable bonds is 2. The number of fused-ring (bicyclic) bond motifs is 16. The van der Waals surface area contributed by atoms with Gasteiger partial charge in [0.15, 0.2) is 0 Å². The van der Waals surface area contributed by atoms with E-state index in [9.17, 15) is 0 Å². The molecule has 0 saturated heterocycles. The molecule has 0 spiro atoms. The van der Waals surface area contributed by atoms with Crippen LogP contribution in [0, 0.1) is 0 Å². The fraction of sp³-hybridized carbons (Fsp3) is 0.391. The second-order valence-corrected chi connectivity index (χ2v) is 27.9. The maximum absolute atomic E-state index is 7.47. The number of para-hydroxylation sites is 1. The second-order valence-electron chi connectivity index (χ2n) is 27.9. The molecule has 73 heavy (non-hydrogen) atoms. The molecule has 14 rings (SSSR count). The Balaban J connectivity index is 1.19.